The molecule has 0 aliphatic rings. The monoisotopic (exact) mass is 738 g/mol. The van der Waals surface area contributed by atoms with Gasteiger partial charge in [0.15, 0.2) is 5.78 Å². The first kappa shape index (κ1) is 38.8. The molecular weight excluding hydrogens is 705 g/mol. The van der Waals surface area contributed by atoms with E-state index in [9.17, 15) is 40.8 Å². The van der Waals surface area contributed by atoms with Gasteiger partial charge >= 0.3 is 21.6 Å². The number of aliphatic imine (C=N–C) groups is 1. The van der Waals surface area contributed by atoms with Crippen molar-refractivity contribution in [1.29, 1.82) is 0 Å². The molecule has 4 N–H and O–H groups in total. The first-order chi connectivity index (χ1) is 24.5. The summed E-state index contributed by atoms with van der Waals surface area (Å²) in [5.74, 6) is -3.28. The van der Waals surface area contributed by atoms with Crippen molar-refractivity contribution in [3.63, 3.8) is 0 Å². The van der Waals surface area contributed by atoms with Crippen molar-refractivity contribution < 1.29 is 49.7 Å². The highest BCUT2D eigenvalue weighted by molar-refractivity contribution is 7.88. The highest BCUT2D eigenvalue weighted by Crippen LogP contribution is 2.34. The average molecular weight is 739 g/mol. The highest BCUT2D eigenvalue weighted by Gasteiger charge is 2.48. The van der Waals surface area contributed by atoms with Crippen molar-refractivity contribution in [2.24, 2.45) is 16.6 Å². The summed E-state index contributed by atoms with van der Waals surface area (Å²) >= 11 is 0. The molecule has 4 rings (SSSR count). The van der Waals surface area contributed by atoms with E-state index in [1.54, 1.807) is 30.3 Å². The van der Waals surface area contributed by atoms with Gasteiger partial charge in [0, 0.05) is 28.9 Å². The summed E-state index contributed by atoms with van der Waals surface area (Å²) in [7, 11) is -5.03. The number of alkyl halides is 3. The summed E-state index contributed by atoms with van der Waals surface area (Å²) in [5, 5.41) is 5.28. The predicted molar refractivity (Wildman–Crippen MR) is 187 cm³/mol. The number of halogens is 3. The molecule has 0 aliphatic heterocycles. The minimum absolute atomic E-state index is 0.0343. The number of nitrogens with zero attached hydrogens (tertiary/aromatic N) is 1. The molecule has 0 aromatic heterocycles. The van der Waals surface area contributed by atoms with Crippen LogP contribution in [0.4, 0.5) is 18.9 Å². The number of amides is 2. The summed E-state index contributed by atoms with van der Waals surface area (Å²) in [6, 6.07) is 21.0. The van der Waals surface area contributed by atoms with Gasteiger partial charge in [0.25, 0.3) is 11.8 Å². The Kier molecular flexibility index (Phi) is 12.2. The molecule has 12 nitrogen and oxygen atoms in total. The largest absolute Gasteiger partial charge is 0.534 e. The average Bonchev–Trinajstić information content (AvgIpc) is 3.12. The number of benzene rings is 4. The van der Waals surface area contributed by atoms with E-state index in [0.717, 1.165) is 25.3 Å². The van der Waals surface area contributed by atoms with Crippen molar-refractivity contribution in [3.8, 4) is 16.9 Å². The number of hydrogen-bond acceptors (Lipinski definition) is 9. The number of carbonyl (C=O) groups is 4. The smallest absolute Gasteiger partial charge is 0.465 e. The fraction of sp³-hybridized carbons (Fsp3) is 0.194. The van der Waals surface area contributed by atoms with Crippen LogP contribution in [0.5, 0.6) is 5.75 Å². The maximum absolute atomic E-state index is 13.7. The maximum Gasteiger partial charge on any atom is 0.534 e. The van der Waals surface area contributed by atoms with Gasteiger partial charge in [-0.3, -0.25) is 19.4 Å². The van der Waals surface area contributed by atoms with Crippen molar-refractivity contribution in [2.45, 2.75) is 19.4 Å². The molecule has 0 radical (unpaired) electrons. The van der Waals surface area contributed by atoms with E-state index in [0.29, 0.717) is 17.7 Å². The number of anilines is 1. The summed E-state index contributed by atoms with van der Waals surface area (Å²) in [6.07, 6.45) is 0. The van der Waals surface area contributed by atoms with Gasteiger partial charge < -0.3 is 25.3 Å². The Bertz CT molecular complexity index is 2120. The summed E-state index contributed by atoms with van der Waals surface area (Å²) in [6.45, 7) is 3.91. The number of esters is 1. The summed E-state index contributed by atoms with van der Waals surface area (Å²) in [5.41, 5.74) is 0.843. The van der Waals surface area contributed by atoms with Crippen LogP contribution >= 0.6 is 0 Å². The molecule has 0 heterocycles. The van der Waals surface area contributed by atoms with Crippen LogP contribution in [0, 0.1) is 5.92 Å². The zero-order valence-electron chi connectivity index (χ0n) is 28.0. The van der Waals surface area contributed by atoms with E-state index < -0.39 is 44.7 Å². The lowest BCUT2D eigenvalue weighted by molar-refractivity contribution is -0.0500. The number of Topliss-reactive ketones (excluding diaryl/α,β-unsaturated/α-hetero) is 1. The molecule has 0 fully saturated rings. The number of methoxy groups -OCH3 is 1. The Morgan fingerprint density at radius 3 is 2.04 bits per heavy atom. The topological polar surface area (TPSA) is 183 Å². The number of nitrogens with two attached hydrogens (primary N) is 1. The van der Waals surface area contributed by atoms with Crippen LogP contribution in [0.3, 0.4) is 0 Å². The fourth-order valence-corrected chi connectivity index (χ4v) is 5.11. The lowest BCUT2D eigenvalue weighted by atomic mass is 9.93. The van der Waals surface area contributed by atoms with Gasteiger partial charge in [0.1, 0.15) is 18.1 Å². The number of rotatable bonds is 13. The van der Waals surface area contributed by atoms with E-state index in [4.69, 9.17) is 10.5 Å². The van der Waals surface area contributed by atoms with Gasteiger partial charge in [-0.1, -0.05) is 50.2 Å². The van der Waals surface area contributed by atoms with Crippen LogP contribution in [0.2, 0.25) is 0 Å². The molecule has 0 aliphatic carbocycles. The lowest BCUT2D eigenvalue weighted by Crippen LogP contribution is -2.28. The molecular formula is C36H33F3N4O8S. The van der Waals surface area contributed by atoms with Gasteiger partial charge in [-0.2, -0.15) is 21.6 Å². The molecule has 0 saturated carbocycles. The van der Waals surface area contributed by atoms with Gasteiger partial charge in [-0.25, -0.2) is 4.79 Å². The third kappa shape index (κ3) is 9.60. The quantitative estimate of drug-likeness (QED) is 0.0393. The molecule has 4 aromatic rings. The number of carbonyl (C=O) groups excluding carboxylic acids is 4. The van der Waals surface area contributed by atoms with Gasteiger partial charge in [0.2, 0.25) is 0 Å². The zero-order chi connectivity index (χ0) is 38.2. The van der Waals surface area contributed by atoms with Gasteiger partial charge in [-0.05, 0) is 71.6 Å². The predicted octanol–water partition coefficient (Wildman–Crippen LogP) is 5.59. The van der Waals surface area contributed by atoms with Crippen molar-refractivity contribution >= 4 is 45.2 Å². The van der Waals surface area contributed by atoms with Gasteiger partial charge in [-0.15, -0.1) is 0 Å². The van der Waals surface area contributed by atoms with E-state index >= 15 is 0 Å². The van der Waals surface area contributed by atoms with Crippen LogP contribution in [-0.2, 0) is 14.9 Å². The normalized spacial score (nSPS) is 11.9. The second-order valence-corrected chi connectivity index (χ2v) is 13.1. The molecule has 0 unspecified atom stereocenters. The van der Waals surface area contributed by atoms with E-state index in [2.05, 4.69) is 19.8 Å². The zero-order valence-corrected chi connectivity index (χ0v) is 28.8. The van der Waals surface area contributed by atoms with E-state index in [1.807, 2.05) is 13.8 Å². The third-order valence-electron chi connectivity index (χ3n) is 7.30. The van der Waals surface area contributed by atoms with Crippen LogP contribution in [0.15, 0.2) is 96.0 Å². The molecule has 0 saturated heterocycles. The van der Waals surface area contributed by atoms with Crippen molar-refractivity contribution in [1.82, 2.24) is 5.32 Å². The number of ether oxygens (including phenoxy) is 1. The Balaban J connectivity index is 1.69. The van der Waals surface area contributed by atoms with Crippen molar-refractivity contribution in [2.75, 3.05) is 25.5 Å². The van der Waals surface area contributed by atoms with E-state index in [-0.39, 0.29) is 52.0 Å². The number of nitrogens with one attached hydrogen (secondary N) is 2. The Morgan fingerprint density at radius 1 is 0.808 bits per heavy atom. The molecule has 2 amide bonds. The van der Waals surface area contributed by atoms with Crippen molar-refractivity contribution in [3.05, 3.63) is 119 Å². The van der Waals surface area contributed by atoms with E-state index in [1.165, 1.54) is 42.5 Å². The third-order valence-corrected chi connectivity index (χ3v) is 8.28. The highest BCUT2D eigenvalue weighted by atomic mass is 32.2. The van der Waals surface area contributed by atoms with Crippen LogP contribution in [0.25, 0.3) is 11.1 Å². The van der Waals surface area contributed by atoms with Crippen LogP contribution < -0.4 is 20.6 Å². The number of amidine groups is 1. The molecule has 0 bridgehead atoms. The lowest BCUT2D eigenvalue weighted by Gasteiger charge is -2.17. The summed E-state index contributed by atoms with van der Waals surface area (Å²) in [4.78, 5) is 55.9. The Hall–Kier alpha value is -6.03. The first-order valence-electron chi connectivity index (χ1n) is 15.5. The maximum atomic E-state index is 13.7. The standard InChI is InChI=1S/C36H33F3N4O8S/c1-21(2)19-42-33(45)24-11-15-28(30(17-24)35(47)50-3)27-16-14-26(51-52(48,49)36(37,38)39)18-29(27)34(46)43-25-12-9-23(10-13-25)32(40)41-20-31(44)22-7-5-4-6-8-22/h4-18,21H,19-20H2,1-3H3,(H2,40,41)(H,42,45)(H,43,46). The minimum atomic E-state index is -6.12. The first-order valence-corrected chi connectivity index (χ1v) is 16.9. The van der Waals surface area contributed by atoms with Crippen LogP contribution in [-0.4, -0.2) is 63.5 Å². The second kappa shape index (κ2) is 16.3. The molecule has 4 aromatic carbocycles. The van der Waals surface area contributed by atoms with Crippen LogP contribution in [0.1, 0.15) is 60.8 Å². The Morgan fingerprint density at radius 2 is 1.42 bits per heavy atom. The SMILES string of the molecule is COC(=O)c1cc(C(=O)NCC(C)C)ccc1-c1ccc(OS(=O)(=O)C(F)(F)F)cc1C(=O)Nc1ccc(C(N)=NCC(=O)c2ccccc2)cc1. The number of ketones is 1. The number of hydrogen-bond donors (Lipinski definition) is 3. The molecule has 16 heteroatoms. The molecule has 52 heavy (non-hydrogen) atoms. The Labute approximate surface area is 297 Å². The minimum Gasteiger partial charge on any atom is -0.465 e. The fourth-order valence-electron chi connectivity index (χ4n) is 4.66. The molecule has 272 valence electrons. The summed E-state index contributed by atoms with van der Waals surface area (Å²) < 4.78 is 72.2. The molecule has 0 spiro atoms. The second-order valence-electron chi connectivity index (χ2n) is 11.6. The molecule has 0 atom stereocenters. The van der Waals surface area contributed by atoms with Gasteiger partial charge in [0.05, 0.1) is 18.2 Å².